The monoisotopic (exact) mass is 489 g/mol. The highest BCUT2D eigenvalue weighted by Crippen LogP contribution is 2.30. The van der Waals surface area contributed by atoms with E-state index < -0.39 is 28.0 Å². The van der Waals surface area contributed by atoms with Crippen LogP contribution in [0.15, 0.2) is 45.8 Å². The molecular weight excluding hydrogens is 466 g/mol. The van der Waals surface area contributed by atoms with Gasteiger partial charge in [-0.25, -0.2) is 13.2 Å². The Balaban J connectivity index is 1.35. The summed E-state index contributed by atoms with van der Waals surface area (Å²) in [5.41, 5.74) is 1.56. The van der Waals surface area contributed by atoms with E-state index in [-0.39, 0.29) is 10.7 Å². The molecule has 3 aromatic rings. The third-order valence-electron chi connectivity index (χ3n) is 5.15. The van der Waals surface area contributed by atoms with E-state index in [1.54, 1.807) is 6.92 Å². The van der Waals surface area contributed by atoms with E-state index in [2.05, 4.69) is 15.2 Å². The zero-order valence-corrected chi connectivity index (χ0v) is 19.7. The molecule has 1 amide bonds. The van der Waals surface area contributed by atoms with E-state index in [0.29, 0.717) is 16.3 Å². The van der Waals surface area contributed by atoms with Gasteiger partial charge in [-0.1, -0.05) is 5.16 Å². The van der Waals surface area contributed by atoms with E-state index in [1.807, 2.05) is 6.07 Å². The lowest BCUT2D eigenvalue weighted by molar-refractivity contribution is -0.123. The molecule has 1 aliphatic carbocycles. The Labute approximate surface area is 195 Å². The first-order chi connectivity index (χ1) is 15.7. The number of amides is 1. The molecule has 0 radical (unpaired) electrons. The van der Waals surface area contributed by atoms with Crippen molar-refractivity contribution in [1.82, 2.24) is 5.16 Å². The third kappa shape index (κ3) is 5.42. The van der Waals surface area contributed by atoms with Crippen LogP contribution in [0.3, 0.4) is 0 Å². The smallest absolute Gasteiger partial charge is 0.349 e. The third-order valence-corrected chi connectivity index (χ3v) is 7.74. The van der Waals surface area contributed by atoms with Gasteiger partial charge in [-0.2, -0.15) is 0 Å². The van der Waals surface area contributed by atoms with Gasteiger partial charge >= 0.3 is 5.97 Å². The van der Waals surface area contributed by atoms with Crippen LogP contribution >= 0.6 is 11.3 Å². The molecule has 0 saturated heterocycles. The minimum absolute atomic E-state index is 0.0118. The number of fused-ring (bicyclic) bond motifs is 1. The number of benzene rings is 1. The molecule has 9 nitrogen and oxygen atoms in total. The average molecular weight is 490 g/mol. The van der Waals surface area contributed by atoms with Crippen LogP contribution in [0.2, 0.25) is 0 Å². The van der Waals surface area contributed by atoms with Crippen LogP contribution in [-0.4, -0.2) is 31.6 Å². The highest BCUT2D eigenvalue weighted by molar-refractivity contribution is 7.92. The summed E-state index contributed by atoms with van der Waals surface area (Å²) >= 11 is 1.43. The highest BCUT2D eigenvalue weighted by Gasteiger charge is 2.23. The molecule has 4 rings (SSSR count). The maximum absolute atomic E-state index is 12.5. The first kappa shape index (κ1) is 23.0. The maximum Gasteiger partial charge on any atom is 0.349 e. The van der Waals surface area contributed by atoms with Gasteiger partial charge in [0, 0.05) is 16.6 Å². The van der Waals surface area contributed by atoms with E-state index in [1.165, 1.54) is 59.0 Å². The average Bonchev–Trinajstić information content (AvgIpc) is 3.39. The summed E-state index contributed by atoms with van der Waals surface area (Å²) in [6.45, 7) is 3.14. The predicted molar refractivity (Wildman–Crippen MR) is 123 cm³/mol. The Hall–Kier alpha value is -3.18. The number of aromatic nitrogens is 1. The molecule has 0 spiro atoms. The minimum Gasteiger partial charge on any atom is -0.448 e. The molecule has 33 heavy (non-hydrogen) atoms. The Kier molecular flexibility index (Phi) is 6.52. The Morgan fingerprint density at radius 2 is 1.88 bits per heavy atom. The number of esters is 1. The fraction of sp³-hybridized carbons (Fsp3) is 0.318. The van der Waals surface area contributed by atoms with Crippen molar-refractivity contribution >= 4 is 44.7 Å². The standard InChI is InChI=1S/C22H23N3O6S2/c1-13-11-20(24-31-13)25-33(28,29)17-9-7-16(8-10-17)23-21(26)14(2)30-22(27)19-12-15-5-3-4-6-18(15)32-19/h7-12,14H,3-6H2,1-2H3,(H,23,26)(H,24,25). The molecule has 1 aromatic carbocycles. The molecule has 0 aliphatic heterocycles. The lowest BCUT2D eigenvalue weighted by Gasteiger charge is -2.13. The van der Waals surface area contributed by atoms with Crippen LogP contribution in [0.25, 0.3) is 0 Å². The molecule has 2 heterocycles. The molecule has 0 bridgehead atoms. The normalized spacial score (nSPS) is 14.2. The number of thiophene rings is 1. The maximum atomic E-state index is 12.5. The minimum atomic E-state index is -3.86. The first-order valence-electron chi connectivity index (χ1n) is 10.4. The van der Waals surface area contributed by atoms with Crippen LogP contribution in [0, 0.1) is 6.92 Å². The number of carbonyl (C=O) groups excluding carboxylic acids is 2. The van der Waals surface area contributed by atoms with Crippen molar-refractivity contribution in [3.63, 3.8) is 0 Å². The second-order valence-corrected chi connectivity index (χ2v) is 10.6. The van der Waals surface area contributed by atoms with Crippen molar-refractivity contribution < 1.29 is 27.3 Å². The fourth-order valence-electron chi connectivity index (χ4n) is 3.44. The Morgan fingerprint density at radius 1 is 1.15 bits per heavy atom. The van der Waals surface area contributed by atoms with Gasteiger partial charge in [0.2, 0.25) is 0 Å². The van der Waals surface area contributed by atoms with Crippen molar-refractivity contribution in [2.45, 2.75) is 50.5 Å². The zero-order chi connectivity index (χ0) is 23.6. The van der Waals surface area contributed by atoms with E-state index in [4.69, 9.17) is 9.26 Å². The second-order valence-electron chi connectivity index (χ2n) is 7.76. The number of hydrogen-bond donors (Lipinski definition) is 2. The summed E-state index contributed by atoms with van der Waals surface area (Å²) in [4.78, 5) is 26.6. The SMILES string of the molecule is Cc1cc(NS(=O)(=O)c2ccc(NC(=O)C(C)OC(=O)c3cc4c(s3)CCCC4)cc2)no1. The van der Waals surface area contributed by atoms with Crippen molar-refractivity contribution in [1.29, 1.82) is 0 Å². The predicted octanol–water partition coefficient (Wildman–Crippen LogP) is 3.91. The van der Waals surface area contributed by atoms with E-state index >= 15 is 0 Å². The zero-order valence-electron chi connectivity index (χ0n) is 18.1. The summed E-state index contributed by atoms with van der Waals surface area (Å²) < 4.78 is 37.4. The Morgan fingerprint density at radius 3 is 2.55 bits per heavy atom. The van der Waals surface area contributed by atoms with Crippen LogP contribution < -0.4 is 10.0 Å². The van der Waals surface area contributed by atoms with Gasteiger partial charge in [-0.15, -0.1) is 11.3 Å². The highest BCUT2D eigenvalue weighted by atomic mass is 32.2. The number of nitrogens with one attached hydrogen (secondary N) is 2. The fourth-order valence-corrected chi connectivity index (χ4v) is 5.56. The summed E-state index contributed by atoms with van der Waals surface area (Å²) in [7, 11) is -3.86. The topological polar surface area (TPSA) is 128 Å². The molecule has 1 aliphatic rings. The number of rotatable bonds is 7. The molecule has 1 atom stereocenters. The summed E-state index contributed by atoms with van der Waals surface area (Å²) in [5, 5.41) is 6.23. The number of hydrogen-bond acceptors (Lipinski definition) is 8. The van der Waals surface area contributed by atoms with Gasteiger partial charge in [0.05, 0.1) is 4.90 Å². The lowest BCUT2D eigenvalue weighted by atomic mass is 9.99. The van der Waals surface area contributed by atoms with Crippen LogP contribution in [-0.2, 0) is 32.4 Å². The van der Waals surface area contributed by atoms with Gasteiger partial charge < -0.3 is 14.6 Å². The van der Waals surface area contributed by atoms with Gasteiger partial charge in [-0.3, -0.25) is 9.52 Å². The molecular formula is C22H23N3O6S2. The number of anilines is 2. The molecule has 2 aromatic heterocycles. The van der Waals surface area contributed by atoms with Gasteiger partial charge in [-0.05, 0) is 75.4 Å². The Bertz CT molecular complexity index is 1250. The van der Waals surface area contributed by atoms with Crippen molar-refractivity contribution in [2.24, 2.45) is 0 Å². The van der Waals surface area contributed by atoms with Crippen LogP contribution in [0.1, 0.15) is 45.6 Å². The van der Waals surface area contributed by atoms with E-state index in [9.17, 15) is 18.0 Å². The number of nitrogens with zero attached hydrogens (tertiary/aromatic N) is 1. The van der Waals surface area contributed by atoms with Crippen LogP contribution in [0.4, 0.5) is 11.5 Å². The lowest BCUT2D eigenvalue weighted by Crippen LogP contribution is -2.29. The first-order valence-corrected chi connectivity index (χ1v) is 12.7. The number of aryl methyl sites for hydroxylation is 3. The molecule has 0 saturated carbocycles. The van der Waals surface area contributed by atoms with Crippen molar-refractivity contribution in [2.75, 3.05) is 10.0 Å². The number of sulfonamides is 1. The largest absolute Gasteiger partial charge is 0.448 e. The molecule has 0 fully saturated rings. The molecule has 174 valence electrons. The van der Waals surface area contributed by atoms with Gasteiger partial charge in [0.15, 0.2) is 11.9 Å². The van der Waals surface area contributed by atoms with Crippen molar-refractivity contribution in [3.05, 3.63) is 57.5 Å². The summed E-state index contributed by atoms with van der Waals surface area (Å²) in [5.74, 6) is -0.490. The molecule has 11 heteroatoms. The summed E-state index contributed by atoms with van der Waals surface area (Å²) in [6.07, 6.45) is 3.17. The quantitative estimate of drug-likeness (QED) is 0.482. The number of ether oxygens (including phenoxy) is 1. The molecule has 1 unspecified atom stereocenters. The van der Waals surface area contributed by atoms with Crippen LogP contribution in [0.5, 0.6) is 0 Å². The van der Waals surface area contributed by atoms with Crippen molar-refractivity contribution in [3.8, 4) is 0 Å². The molecule has 2 N–H and O–H groups in total. The summed E-state index contributed by atoms with van der Waals surface area (Å²) in [6, 6.07) is 8.90. The van der Waals surface area contributed by atoms with Gasteiger partial charge in [0.25, 0.3) is 15.9 Å². The second kappa shape index (κ2) is 9.36. The van der Waals surface area contributed by atoms with E-state index in [0.717, 1.165) is 25.7 Å². The number of carbonyl (C=O) groups is 2. The van der Waals surface area contributed by atoms with Gasteiger partial charge in [0.1, 0.15) is 10.6 Å².